The summed E-state index contributed by atoms with van der Waals surface area (Å²) < 4.78 is 1.44. The zero-order valence-electron chi connectivity index (χ0n) is 16.8. The second-order valence-electron chi connectivity index (χ2n) is 7.20. The summed E-state index contributed by atoms with van der Waals surface area (Å²) in [4.78, 5) is 39.3. The lowest BCUT2D eigenvalue weighted by Gasteiger charge is -2.11. The summed E-state index contributed by atoms with van der Waals surface area (Å²) in [5.41, 5.74) is 3.53. The molecule has 3 amide bonds. The van der Waals surface area contributed by atoms with Crippen LogP contribution in [-0.2, 0) is 17.8 Å². The van der Waals surface area contributed by atoms with Crippen LogP contribution >= 0.6 is 0 Å². The molecule has 1 saturated heterocycles. The van der Waals surface area contributed by atoms with Gasteiger partial charge in [-0.25, -0.2) is 9.48 Å². The molecule has 1 aliphatic rings. The van der Waals surface area contributed by atoms with Crippen LogP contribution in [0.2, 0.25) is 0 Å². The molecule has 1 fully saturated rings. The summed E-state index contributed by atoms with van der Waals surface area (Å²) in [5, 5.41) is 5.69. The number of carbonyl (C=O) groups excluding carboxylic acids is 2. The van der Waals surface area contributed by atoms with Crippen molar-refractivity contribution >= 4 is 18.0 Å². The van der Waals surface area contributed by atoms with E-state index in [0.29, 0.717) is 23.4 Å². The molecule has 0 atom stereocenters. The van der Waals surface area contributed by atoms with Gasteiger partial charge in [-0.05, 0) is 37.1 Å². The summed E-state index contributed by atoms with van der Waals surface area (Å²) in [7, 11) is 0. The molecule has 0 bridgehead atoms. The fourth-order valence-electron chi connectivity index (χ4n) is 3.41. The van der Waals surface area contributed by atoms with E-state index < -0.39 is 11.9 Å². The van der Waals surface area contributed by atoms with Crippen molar-refractivity contribution in [1.29, 1.82) is 0 Å². The second-order valence-corrected chi connectivity index (χ2v) is 7.20. The number of carbonyl (C=O) groups is 2. The van der Waals surface area contributed by atoms with Crippen molar-refractivity contribution in [3.63, 3.8) is 0 Å². The molecule has 1 aliphatic heterocycles. The molecular formula is C23H22N4O3. The van der Waals surface area contributed by atoms with E-state index in [-0.39, 0.29) is 17.8 Å². The minimum Gasteiger partial charge on any atom is -0.303 e. The maximum Gasteiger partial charge on any atom is 0.329 e. The maximum atomic E-state index is 13.0. The highest BCUT2D eigenvalue weighted by atomic mass is 16.2. The summed E-state index contributed by atoms with van der Waals surface area (Å²) in [6.07, 6.45) is 2.04. The highest BCUT2D eigenvalue weighted by molar-refractivity contribution is 6.13. The Morgan fingerprint density at radius 3 is 2.33 bits per heavy atom. The van der Waals surface area contributed by atoms with Crippen LogP contribution in [0.3, 0.4) is 0 Å². The molecule has 152 valence electrons. The zero-order valence-corrected chi connectivity index (χ0v) is 16.8. The Morgan fingerprint density at radius 2 is 1.67 bits per heavy atom. The monoisotopic (exact) mass is 402 g/mol. The number of aromatic nitrogens is 2. The van der Waals surface area contributed by atoms with E-state index in [1.165, 1.54) is 10.8 Å². The van der Waals surface area contributed by atoms with Gasteiger partial charge in [0.15, 0.2) is 0 Å². The number of benzene rings is 2. The minimum atomic E-state index is -0.496. The summed E-state index contributed by atoms with van der Waals surface area (Å²) >= 11 is 0. The third-order valence-electron chi connectivity index (χ3n) is 5.09. The van der Waals surface area contributed by atoms with E-state index in [4.69, 9.17) is 0 Å². The lowest BCUT2D eigenvalue weighted by Crippen LogP contribution is -2.30. The smallest absolute Gasteiger partial charge is 0.303 e. The topological polar surface area (TPSA) is 87.2 Å². The van der Waals surface area contributed by atoms with E-state index in [0.717, 1.165) is 16.0 Å². The first-order valence-electron chi connectivity index (χ1n) is 9.77. The maximum absolute atomic E-state index is 13.0. The molecule has 30 heavy (non-hydrogen) atoms. The molecule has 0 aliphatic carbocycles. The van der Waals surface area contributed by atoms with Crippen LogP contribution in [0.5, 0.6) is 0 Å². The average Bonchev–Trinajstić information content (AvgIpc) is 3.21. The normalized spacial score (nSPS) is 15.1. The van der Waals surface area contributed by atoms with E-state index in [2.05, 4.69) is 10.4 Å². The Labute approximate surface area is 173 Å². The van der Waals surface area contributed by atoms with Crippen molar-refractivity contribution in [2.24, 2.45) is 0 Å². The number of para-hydroxylation sites is 1. The van der Waals surface area contributed by atoms with Gasteiger partial charge in [-0.2, -0.15) is 0 Å². The van der Waals surface area contributed by atoms with Crippen molar-refractivity contribution in [3.05, 3.63) is 93.0 Å². The molecule has 2 heterocycles. The van der Waals surface area contributed by atoms with E-state index in [1.807, 2.05) is 68.4 Å². The number of amides is 3. The number of nitrogens with one attached hydrogen (secondary N) is 2. The first-order valence-corrected chi connectivity index (χ1v) is 9.77. The highest BCUT2D eigenvalue weighted by Gasteiger charge is 2.34. The van der Waals surface area contributed by atoms with Crippen LogP contribution in [0, 0.1) is 6.92 Å². The average molecular weight is 402 g/mol. The van der Waals surface area contributed by atoms with Crippen molar-refractivity contribution in [1.82, 2.24) is 20.0 Å². The molecule has 0 radical (unpaired) electrons. The highest BCUT2D eigenvalue weighted by Crippen LogP contribution is 2.18. The Morgan fingerprint density at radius 1 is 0.967 bits per heavy atom. The van der Waals surface area contributed by atoms with Gasteiger partial charge in [-0.15, -0.1) is 0 Å². The summed E-state index contributed by atoms with van der Waals surface area (Å²) in [5.74, 6) is -0.450. The molecule has 1 aromatic heterocycles. The Kier molecular flexibility index (Phi) is 5.10. The molecule has 0 saturated carbocycles. The lowest BCUT2D eigenvalue weighted by atomic mass is 10.1. The third-order valence-corrected chi connectivity index (χ3v) is 5.09. The number of H-pyrrole nitrogens is 1. The number of rotatable bonds is 5. The second kappa shape index (κ2) is 7.87. The van der Waals surface area contributed by atoms with Crippen molar-refractivity contribution in [2.75, 3.05) is 0 Å². The molecule has 7 nitrogen and oxygen atoms in total. The number of hydrogen-bond donors (Lipinski definition) is 2. The summed E-state index contributed by atoms with van der Waals surface area (Å²) in [6, 6.07) is 16.3. The van der Waals surface area contributed by atoms with Crippen LogP contribution in [0.4, 0.5) is 4.79 Å². The van der Waals surface area contributed by atoms with E-state index >= 15 is 0 Å². The van der Waals surface area contributed by atoms with E-state index in [9.17, 15) is 14.4 Å². The number of hydrogen-bond acceptors (Lipinski definition) is 3. The largest absolute Gasteiger partial charge is 0.329 e. The summed E-state index contributed by atoms with van der Waals surface area (Å²) in [6.45, 7) is 4.06. The molecule has 2 N–H and O–H groups in total. The van der Waals surface area contributed by atoms with Crippen LogP contribution in [0.1, 0.15) is 29.3 Å². The Bertz CT molecular complexity index is 1190. The fourth-order valence-corrected chi connectivity index (χ4v) is 3.41. The SMILES string of the molecule is CCc1[nH]n(-c2ccccc2)c(=O)c1C=C1NC(=O)N(Cc2ccc(C)cc2)C1=O. The van der Waals surface area contributed by atoms with Crippen LogP contribution < -0.4 is 10.9 Å². The van der Waals surface area contributed by atoms with Gasteiger partial charge in [0.25, 0.3) is 11.5 Å². The number of urea groups is 1. The van der Waals surface area contributed by atoms with Gasteiger partial charge >= 0.3 is 6.03 Å². The predicted octanol–water partition coefficient (Wildman–Crippen LogP) is 3.13. The molecular weight excluding hydrogens is 380 g/mol. The lowest BCUT2D eigenvalue weighted by molar-refractivity contribution is -0.123. The zero-order chi connectivity index (χ0) is 21.3. The van der Waals surface area contributed by atoms with Crippen molar-refractivity contribution in [3.8, 4) is 5.69 Å². The minimum absolute atomic E-state index is 0.0955. The molecule has 0 unspecified atom stereocenters. The van der Waals surface area contributed by atoms with Crippen molar-refractivity contribution in [2.45, 2.75) is 26.8 Å². The Hall–Kier alpha value is -3.87. The van der Waals surface area contributed by atoms with E-state index in [1.54, 1.807) is 0 Å². The number of nitrogens with zero attached hydrogens (tertiary/aromatic N) is 2. The first-order chi connectivity index (χ1) is 14.5. The van der Waals surface area contributed by atoms with Crippen molar-refractivity contribution < 1.29 is 9.59 Å². The third kappa shape index (κ3) is 3.57. The van der Waals surface area contributed by atoms with Crippen LogP contribution in [0.25, 0.3) is 11.8 Å². The molecule has 7 heteroatoms. The standard InChI is InChI=1S/C23H22N4O3/c1-3-19-18(21(28)27(25-19)17-7-5-4-6-8-17)13-20-22(29)26(23(30)24-20)14-16-11-9-15(2)10-12-16/h4-13,25H,3,14H2,1-2H3,(H,24,30). The van der Waals surface area contributed by atoms with Gasteiger partial charge in [0.2, 0.25) is 0 Å². The van der Waals surface area contributed by atoms with Gasteiger partial charge in [-0.1, -0.05) is 55.0 Å². The number of aryl methyl sites for hydroxylation is 2. The Balaban J connectivity index is 1.66. The van der Waals surface area contributed by atoms with Crippen LogP contribution in [-0.4, -0.2) is 26.6 Å². The van der Waals surface area contributed by atoms with Gasteiger partial charge in [0.1, 0.15) is 5.70 Å². The van der Waals surface area contributed by atoms with Gasteiger partial charge < -0.3 is 5.32 Å². The number of aromatic amines is 1. The number of imide groups is 1. The first kappa shape index (κ1) is 19.4. The molecule has 0 spiro atoms. The predicted molar refractivity (Wildman–Crippen MR) is 114 cm³/mol. The van der Waals surface area contributed by atoms with Gasteiger partial charge in [-0.3, -0.25) is 19.6 Å². The van der Waals surface area contributed by atoms with Gasteiger partial charge in [0, 0.05) is 5.69 Å². The van der Waals surface area contributed by atoms with Gasteiger partial charge in [0.05, 0.1) is 17.8 Å². The molecule has 3 aromatic rings. The van der Waals surface area contributed by atoms with Crippen LogP contribution in [0.15, 0.2) is 65.1 Å². The molecule has 4 rings (SSSR count). The molecule has 2 aromatic carbocycles. The fraction of sp³-hybridized carbons (Fsp3) is 0.174. The quantitative estimate of drug-likeness (QED) is 0.508.